The minimum absolute atomic E-state index is 0.871. The van der Waals surface area contributed by atoms with Crippen molar-refractivity contribution in [2.24, 2.45) is 0 Å². The zero-order valence-corrected chi connectivity index (χ0v) is 13.3. The van der Waals surface area contributed by atoms with Gasteiger partial charge in [0.2, 0.25) is 0 Å². The Morgan fingerprint density at radius 3 is 2.40 bits per heavy atom. The molecule has 2 aromatic heterocycles. The maximum atomic E-state index is 5.20. The molecular weight excluding hydrogens is 286 g/mol. The van der Waals surface area contributed by atoms with Gasteiger partial charge in [-0.2, -0.15) is 0 Å². The fourth-order valence-corrected chi connectivity index (χ4v) is 4.12. The average Bonchev–Trinajstić information content (AvgIpc) is 3.05. The lowest BCUT2D eigenvalue weighted by Crippen LogP contribution is -1.84. The number of aryl methyl sites for hydroxylation is 2. The van der Waals surface area contributed by atoms with E-state index in [-0.39, 0.29) is 0 Å². The molecule has 3 rings (SSSR count). The largest absolute Gasteiger partial charge is 0.497 e. The first-order valence-electron chi connectivity index (χ1n) is 6.35. The first kappa shape index (κ1) is 13.3. The second-order valence-corrected chi connectivity index (χ2v) is 6.70. The molecule has 0 bridgehead atoms. The van der Waals surface area contributed by atoms with E-state index in [1.807, 2.05) is 12.1 Å². The van der Waals surface area contributed by atoms with E-state index in [0.717, 1.165) is 22.0 Å². The summed E-state index contributed by atoms with van der Waals surface area (Å²) in [5.41, 5.74) is 3.51. The van der Waals surface area contributed by atoms with Crippen LogP contribution in [0.1, 0.15) is 10.4 Å². The Balaban J connectivity index is 2.02. The quantitative estimate of drug-likeness (QED) is 0.666. The van der Waals surface area contributed by atoms with Crippen molar-refractivity contribution < 1.29 is 4.74 Å². The van der Waals surface area contributed by atoms with Gasteiger partial charge < -0.3 is 4.74 Å². The van der Waals surface area contributed by atoms with Crippen LogP contribution in [0, 0.1) is 13.8 Å². The lowest BCUT2D eigenvalue weighted by Gasteiger charge is -2.01. The Hall–Kier alpha value is -1.65. The van der Waals surface area contributed by atoms with Gasteiger partial charge in [-0.25, -0.2) is 4.98 Å². The van der Waals surface area contributed by atoms with Crippen LogP contribution in [0.25, 0.3) is 21.1 Å². The van der Waals surface area contributed by atoms with Crippen LogP contribution < -0.4 is 4.74 Å². The zero-order chi connectivity index (χ0) is 14.1. The third-order valence-electron chi connectivity index (χ3n) is 3.22. The number of thiazole rings is 1. The van der Waals surface area contributed by atoms with Gasteiger partial charge in [0.1, 0.15) is 10.8 Å². The van der Waals surface area contributed by atoms with E-state index in [1.54, 1.807) is 29.8 Å². The predicted molar refractivity (Wildman–Crippen MR) is 86.9 cm³/mol. The third kappa shape index (κ3) is 2.37. The fourth-order valence-electron chi connectivity index (χ4n) is 2.10. The molecular formula is C16H15NOS2. The Kier molecular flexibility index (Phi) is 3.59. The van der Waals surface area contributed by atoms with Crippen LogP contribution in [0.5, 0.6) is 5.75 Å². The Labute approximate surface area is 126 Å². The van der Waals surface area contributed by atoms with Gasteiger partial charge in [0.05, 0.1) is 17.7 Å². The van der Waals surface area contributed by atoms with Gasteiger partial charge in [-0.05, 0) is 55.1 Å². The van der Waals surface area contributed by atoms with Crippen molar-refractivity contribution in [3.05, 3.63) is 46.2 Å². The lowest BCUT2D eigenvalue weighted by atomic mass is 10.1. The summed E-state index contributed by atoms with van der Waals surface area (Å²) in [6.45, 7) is 4.26. The van der Waals surface area contributed by atoms with Crippen LogP contribution in [0.3, 0.4) is 0 Å². The van der Waals surface area contributed by atoms with Crippen molar-refractivity contribution >= 4 is 22.7 Å². The average molecular weight is 301 g/mol. The van der Waals surface area contributed by atoms with E-state index in [4.69, 9.17) is 9.72 Å². The van der Waals surface area contributed by atoms with Gasteiger partial charge in [-0.15, -0.1) is 22.7 Å². The Morgan fingerprint density at radius 2 is 1.80 bits per heavy atom. The molecule has 0 saturated heterocycles. The van der Waals surface area contributed by atoms with Crippen LogP contribution in [0.4, 0.5) is 0 Å². The number of methoxy groups -OCH3 is 1. The first-order chi connectivity index (χ1) is 9.69. The first-order valence-corrected chi connectivity index (χ1v) is 8.05. The molecule has 0 saturated carbocycles. The molecule has 0 aliphatic heterocycles. The minimum Gasteiger partial charge on any atom is -0.497 e. The molecule has 20 heavy (non-hydrogen) atoms. The van der Waals surface area contributed by atoms with Crippen LogP contribution >= 0.6 is 22.7 Å². The van der Waals surface area contributed by atoms with Gasteiger partial charge in [0.25, 0.3) is 0 Å². The number of thiophene rings is 1. The van der Waals surface area contributed by atoms with Crippen molar-refractivity contribution in [2.45, 2.75) is 13.8 Å². The highest BCUT2D eigenvalue weighted by atomic mass is 32.1. The fraction of sp³-hybridized carbons (Fsp3) is 0.188. The monoisotopic (exact) mass is 301 g/mol. The Morgan fingerprint density at radius 1 is 1.05 bits per heavy atom. The van der Waals surface area contributed by atoms with Crippen molar-refractivity contribution in [3.8, 4) is 26.9 Å². The molecule has 2 nitrogen and oxygen atoms in total. The van der Waals surface area contributed by atoms with E-state index in [0.29, 0.717) is 0 Å². The molecule has 0 aliphatic carbocycles. The van der Waals surface area contributed by atoms with E-state index in [1.165, 1.54) is 15.3 Å². The molecule has 2 heterocycles. The smallest absolute Gasteiger partial charge is 0.134 e. The molecule has 0 N–H and O–H groups in total. The lowest BCUT2D eigenvalue weighted by molar-refractivity contribution is 0.415. The van der Waals surface area contributed by atoms with Gasteiger partial charge in [-0.1, -0.05) is 0 Å². The number of hydrogen-bond acceptors (Lipinski definition) is 4. The summed E-state index contributed by atoms with van der Waals surface area (Å²) < 4.78 is 5.20. The second kappa shape index (κ2) is 5.38. The standard InChI is InChI=1S/C16H15NOS2/c1-10-8-9-19-15(10)16-17-14(11(2)20-16)12-4-6-13(18-3)7-5-12/h4-9H,1-3H3. The minimum atomic E-state index is 0.871. The molecule has 0 atom stereocenters. The third-order valence-corrected chi connectivity index (χ3v) is 5.36. The summed E-state index contributed by atoms with van der Waals surface area (Å²) in [7, 11) is 1.68. The molecule has 1 aromatic carbocycles. The maximum Gasteiger partial charge on any atom is 0.134 e. The normalized spacial score (nSPS) is 10.8. The SMILES string of the molecule is COc1ccc(-c2nc(-c3sccc3C)sc2C)cc1. The van der Waals surface area contributed by atoms with Crippen molar-refractivity contribution in [3.63, 3.8) is 0 Å². The summed E-state index contributed by atoms with van der Waals surface area (Å²) in [4.78, 5) is 7.35. The van der Waals surface area contributed by atoms with Crippen molar-refractivity contribution in [1.29, 1.82) is 0 Å². The van der Waals surface area contributed by atoms with E-state index >= 15 is 0 Å². The van der Waals surface area contributed by atoms with E-state index in [2.05, 4.69) is 37.4 Å². The van der Waals surface area contributed by atoms with Gasteiger partial charge >= 0.3 is 0 Å². The molecule has 0 radical (unpaired) electrons. The summed E-state index contributed by atoms with van der Waals surface area (Å²) in [6.07, 6.45) is 0. The highest BCUT2D eigenvalue weighted by Gasteiger charge is 2.13. The van der Waals surface area contributed by atoms with Crippen LogP contribution in [0.2, 0.25) is 0 Å². The molecule has 0 fully saturated rings. The topological polar surface area (TPSA) is 22.1 Å². The molecule has 0 unspecified atom stereocenters. The summed E-state index contributed by atoms with van der Waals surface area (Å²) in [5.74, 6) is 0.871. The number of rotatable bonds is 3. The van der Waals surface area contributed by atoms with E-state index < -0.39 is 0 Å². The van der Waals surface area contributed by atoms with E-state index in [9.17, 15) is 0 Å². The summed E-state index contributed by atoms with van der Waals surface area (Å²) >= 11 is 3.51. The maximum absolute atomic E-state index is 5.20. The molecule has 0 spiro atoms. The summed E-state index contributed by atoms with van der Waals surface area (Å²) in [6, 6.07) is 10.2. The van der Waals surface area contributed by atoms with Crippen molar-refractivity contribution in [1.82, 2.24) is 4.98 Å². The molecule has 0 aliphatic rings. The van der Waals surface area contributed by atoms with Gasteiger partial charge in [0.15, 0.2) is 0 Å². The number of hydrogen-bond donors (Lipinski definition) is 0. The second-order valence-electron chi connectivity index (χ2n) is 4.59. The number of nitrogens with zero attached hydrogens (tertiary/aromatic N) is 1. The molecule has 4 heteroatoms. The van der Waals surface area contributed by atoms with Crippen molar-refractivity contribution in [2.75, 3.05) is 7.11 Å². The molecule has 3 aromatic rings. The number of ether oxygens (including phenoxy) is 1. The highest BCUT2D eigenvalue weighted by Crippen LogP contribution is 2.37. The van der Waals surface area contributed by atoms with Gasteiger partial charge in [-0.3, -0.25) is 0 Å². The Bertz CT molecular complexity index is 725. The van der Waals surface area contributed by atoms with Crippen LogP contribution in [-0.4, -0.2) is 12.1 Å². The summed E-state index contributed by atoms with van der Waals surface area (Å²) in [5, 5.41) is 3.23. The van der Waals surface area contributed by atoms with Crippen LogP contribution in [-0.2, 0) is 0 Å². The molecule has 0 amide bonds. The number of aromatic nitrogens is 1. The predicted octanol–water partition coefficient (Wildman–Crippen LogP) is 5.16. The zero-order valence-electron chi connectivity index (χ0n) is 11.6. The highest BCUT2D eigenvalue weighted by molar-refractivity contribution is 7.21. The van der Waals surface area contributed by atoms with Gasteiger partial charge in [0, 0.05) is 10.4 Å². The molecule has 102 valence electrons. The number of benzene rings is 1. The van der Waals surface area contributed by atoms with Crippen LogP contribution in [0.15, 0.2) is 35.7 Å².